The second kappa shape index (κ2) is 6.61. The first kappa shape index (κ1) is 15.1. The molecule has 0 saturated heterocycles. The van der Waals surface area contributed by atoms with Crippen LogP contribution in [0.1, 0.15) is 11.4 Å². The van der Waals surface area contributed by atoms with Crippen molar-refractivity contribution in [1.82, 2.24) is 15.0 Å². The number of nitrogens with zero attached hydrogens (tertiary/aromatic N) is 2. The Bertz CT molecular complexity index is 993. The van der Waals surface area contributed by atoms with Crippen molar-refractivity contribution < 1.29 is 5.11 Å². The largest absolute Gasteiger partial charge is 0.507 e. The standard InChI is InChI=1S/C21H17N3O/c25-21-10-2-1-7-17(21)18-8-5-9-19(24-18)20-12-11-16(23-20)14-15-6-3-4-13-22-15/h1-13,23,25H,14H2. The third-order valence-electron chi connectivity index (χ3n) is 4.05. The molecular weight excluding hydrogens is 310 g/mol. The van der Waals surface area contributed by atoms with Gasteiger partial charge in [0.05, 0.1) is 17.1 Å². The van der Waals surface area contributed by atoms with Crippen LogP contribution in [0.15, 0.2) is 79.0 Å². The summed E-state index contributed by atoms with van der Waals surface area (Å²) in [4.78, 5) is 12.4. The molecule has 2 N–H and O–H groups in total. The van der Waals surface area contributed by atoms with Gasteiger partial charge in [-0.15, -0.1) is 0 Å². The number of aromatic amines is 1. The lowest BCUT2D eigenvalue weighted by atomic mass is 10.1. The number of para-hydroxylation sites is 1. The van der Waals surface area contributed by atoms with Crippen molar-refractivity contribution in [1.29, 1.82) is 0 Å². The van der Waals surface area contributed by atoms with Crippen molar-refractivity contribution in [2.75, 3.05) is 0 Å². The van der Waals surface area contributed by atoms with Crippen molar-refractivity contribution >= 4 is 0 Å². The Morgan fingerprint density at radius 1 is 0.800 bits per heavy atom. The summed E-state index contributed by atoms with van der Waals surface area (Å²) in [5.74, 6) is 0.231. The van der Waals surface area contributed by atoms with Crippen LogP contribution in [0.2, 0.25) is 0 Å². The van der Waals surface area contributed by atoms with Gasteiger partial charge >= 0.3 is 0 Å². The average Bonchev–Trinajstić information content (AvgIpc) is 3.12. The van der Waals surface area contributed by atoms with Gasteiger partial charge in [-0.2, -0.15) is 0 Å². The van der Waals surface area contributed by atoms with Crippen molar-refractivity contribution in [3.05, 3.63) is 90.4 Å². The lowest BCUT2D eigenvalue weighted by Crippen LogP contribution is -1.92. The SMILES string of the molecule is Oc1ccccc1-c1cccc(-c2ccc(Cc3ccccn3)[nH]2)n1. The highest BCUT2D eigenvalue weighted by Crippen LogP contribution is 2.28. The highest BCUT2D eigenvalue weighted by atomic mass is 16.3. The number of nitrogens with one attached hydrogen (secondary N) is 1. The molecule has 0 fully saturated rings. The lowest BCUT2D eigenvalue weighted by molar-refractivity contribution is 0.477. The van der Waals surface area contributed by atoms with E-state index in [0.29, 0.717) is 0 Å². The van der Waals surface area contributed by atoms with E-state index in [2.05, 4.69) is 21.0 Å². The van der Waals surface area contributed by atoms with Gasteiger partial charge in [-0.1, -0.05) is 24.3 Å². The average molecular weight is 327 g/mol. The number of aromatic nitrogens is 3. The Balaban J connectivity index is 1.63. The first-order chi connectivity index (χ1) is 12.3. The summed E-state index contributed by atoms with van der Waals surface area (Å²) in [6.45, 7) is 0. The van der Waals surface area contributed by atoms with Gasteiger partial charge in [0.25, 0.3) is 0 Å². The van der Waals surface area contributed by atoms with E-state index in [1.54, 1.807) is 18.3 Å². The molecular formula is C21H17N3O. The molecule has 0 radical (unpaired) electrons. The molecule has 0 atom stereocenters. The predicted octanol–water partition coefficient (Wildman–Crippen LogP) is 4.44. The van der Waals surface area contributed by atoms with E-state index >= 15 is 0 Å². The van der Waals surface area contributed by atoms with Crippen LogP contribution >= 0.6 is 0 Å². The molecule has 3 heterocycles. The van der Waals surface area contributed by atoms with Crippen LogP contribution in [0.5, 0.6) is 5.75 Å². The quantitative estimate of drug-likeness (QED) is 0.583. The zero-order valence-corrected chi connectivity index (χ0v) is 13.6. The molecule has 0 spiro atoms. The number of phenols is 1. The van der Waals surface area contributed by atoms with Gasteiger partial charge in [0.1, 0.15) is 5.75 Å². The van der Waals surface area contributed by atoms with E-state index in [4.69, 9.17) is 0 Å². The number of phenolic OH excluding ortho intramolecular Hbond substituents is 1. The summed E-state index contributed by atoms with van der Waals surface area (Å²) < 4.78 is 0. The molecule has 122 valence electrons. The molecule has 4 nitrogen and oxygen atoms in total. The normalized spacial score (nSPS) is 10.7. The van der Waals surface area contributed by atoms with E-state index in [1.807, 2.05) is 54.6 Å². The molecule has 4 rings (SSSR count). The summed E-state index contributed by atoms with van der Waals surface area (Å²) >= 11 is 0. The molecule has 0 bridgehead atoms. The number of benzene rings is 1. The van der Waals surface area contributed by atoms with E-state index in [1.165, 1.54) is 0 Å². The van der Waals surface area contributed by atoms with Gasteiger partial charge < -0.3 is 10.1 Å². The Morgan fingerprint density at radius 3 is 2.48 bits per heavy atom. The zero-order chi connectivity index (χ0) is 17.1. The zero-order valence-electron chi connectivity index (χ0n) is 13.6. The number of hydrogen-bond acceptors (Lipinski definition) is 3. The third kappa shape index (κ3) is 3.28. The molecule has 4 heteroatoms. The molecule has 0 amide bonds. The number of aromatic hydroxyl groups is 1. The molecule has 0 unspecified atom stereocenters. The van der Waals surface area contributed by atoms with Crippen LogP contribution in [0.25, 0.3) is 22.6 Å². The second-order valence-corrected chi connectivity index (χ2v) is 5.82. The van der Waals surface area contributed by atoms with Crippen LogP contribution in [0, 0.1) is 0 Å². The van der Waals surface area contributed by atoms with Gasteiger partial charge in [0, 0.05) is 29.6 Å². The van der Waals surface area contributed by atoms with Gasteiger partial charge in [0.15, 0.2) is 0 Å². The Kier molecular flexibility index (Phi) is 4.01. The van der Waals surface area contributed by atoms with E-state index in [0.717, 1.165) is 40.5 Å². The summed E-state index contributed by atoms with van der Waals surface area (Å²) in [7, 11) is 0. The Morgan fingerprint density at radius 2 is 1.64 bits per heavy atom. The predicted molar refractivity (Wildman–Crippen MR) is 98.2 cm³/mol. The molecule has 0 saturated carbocycles. The summed E-state index contributed by atoms with van der Waals surface area (Å²) in [5.41, 5.74) is 5.37. The first-order valence-corrected chi connectivity index (χ1v) is 8.13. The number of H-pyrrole nitrogens is 1. The maximum absolute atomic E-state index is 10.0. The minimum atomic E-state index is 0.231. The maximum Gasteiger partial charge on any atom is 0.124 e. The molecule has 1 aromatic carbocycles. The summed E-state index contributed by atoms with van der Waals surface area (Å²) in [5, 5.41) is 10.0. The number of hydrogen-bond donors (Lipinski definition) is 2. The fourth-order valence-electron chi connectivity index (χ4n) is 2.82. The molecule has 0 aliphatic rings. The first-order valence-electron chi connectivity index (χ1n) is 8.13. The van der Waals surface area contributed by atoms with Crippen molar-refractivity contribution in [2.45, 2.75) is 6.42 Å². The minimum Gasteiger partial charge on any atom is -0.507 e. The van der Waals surface area contributed by atoms with Crippen molar-refractivity contribution in [3.63, 3.8) is 0 Å². The molecule has 3 aromatic heterocycles. The molecule has 0 aliphatic heterocycles. The summed E-state index contributed by atoms with van der Waals surface area (Å²) in [6, 6.07) is 23.0. The van der Waals surface area contributed by atoms with Crippen LogP contribution in [0.4, 0.5) is 0 Å². The second-order valence-electron chi connectivity index (χ2n) is 5.82. The van der Waals surface area contributed by atoms with Gasteiger partial charge in [-0.3, -0.25) is 4.98 Å². The van der Waals surface area contributed by atoms with Crippen LogP contribution in [0.3, 0.4) is 0 Å². The number of rotatable bonds is 4. The number of pyridine rings is 2. The van der Waals surface area contributed by atoms with Gasteiger partial charge in [-0.25, -0.2) is 4.98 Å². The fraction of sp³-hybridized carbons (Fsp3) is 0.0476. The van der Waals surface area contributed by atoms with Gasteiger partial charge in [0.2, 0.25) is 0 Å². The smallest absolute Gasteiger partial charge is 0.124 e. The van der Waals surface area contributed by atoms with Crippen molar-refractivity contribution in [2.24, 2.45) is 0 Å². The van der Waals surface area contributed by atoms with Crippen molar-refractivity contribution in [3.8, 4) is 28.4 Å². The summed E-state index contributed by atoms with van der Waals surface area (Å²) in [6.07, 6.45) is 2.55. The Hall–Kier alpha value is -3.40. The van der Waals surface area contributed by atoms with Crippen LogP contribution in [-0.2, 0) is 6.42 Å². The highest BCUT2D eigenvalue weighted by molar-refractivity contribution is 5.69. The topological polar surface area (TPSA) is 61.8 Å². The van der Waals surface area contributed by atoms with Crippen LogP contribution < -0.4 is 0 Å². The fourth-order valence-corrected chi connectivity index (χ4v) is 2.82. The third-order valence-corrected chi connectivity index (χ3v) is 4.05. The monoisotopic (exact) mass is 327 g/mol. The maximum atomic E-state index is 10.0. The van der Waals surface area contributed by atoms with E-state index in [-0.39, 0.29) is 5.75 Å². The molecule has 25 heavy (non-hydrogen) atoms. The van der Waals surface area contributed by atoms with Crippen LogP contribution in [-0.4, -0.2) is 20.1 Å². The van der Waals surface area contributed by atoms with E-state index in [9.17, 15) is 5.11 Å². The highest BCUT2D eigenvalue weighted by Gasteiger charge is 2.08. The minimum absolute atomic E-state index is 0.231. The molecule has 0 aliphatic carbocycles. The lowest BCUT2D eigenvalue weighted by Gasteiger charge is -2.05. The Labute approximate surface area is 145 Å². The van der Waals surface area contributed by atoms with E-state index < -0.39 is 0 Å². The van der Waals surface area contributed by atoms with Gasteiger partial charge in [-0.05, 0) is 48.5 Å². The molecule has 4 aromatic rings.